The smallest absolute Gasteiger partial charge is 0.412 e. The van der Waals surface area contributed by atoms with Crippen molar-refractivity contribution in [3.8, 4) is 107 Å². The van der Waals surface area contributed by atoms with E-state index in [-0.39, 0.29) is 6.61 Å². The number of aromatic amines is 11. The van der Waals surface area contributed by atoms with Crippen molar-refractivity contribution in [2.45, 2.75) is 82.3 Å². The molecular weight excluding hydrogens is 1790 g/mol. The van der Waals surface area contributed by atoms with Crippen LogP contribution in [0.2, 0.25) is 0 Å². The van der Waals surface area contributed by atoms with Crippen LogP contribution >= 0.6 is 11.8 Å². The van der Waals surface area contributed by atoms with Crippen LogP contribution in [0, 0.1) is 12.3 Å². The van der Waals surface area contributed by atoms with Crippen molar-refractivity contribution < 1.29 is 32.7 Å². The van der Waals surface area contributed by atoms with Gasteiger partial charge in [-0.25, -0.2) is 39.7 Å². The monoisotopic (exact) mass is 1890 g/mol. The number of nitrogen functional groups attached to an aromatic ring is 1. The number of hydrogen-bond acceptors (Lipinski definition) is 23. The first-order chi connectivity index (χ1) is 67.3. The van der Waals surface area contributed by atoms with Gasteiger partial charge in [-0.1, -0.05) is 62.9 Å². The highest BCUT2D eigenvalue weighted by Gasteiger charge is 2.21. The van der Waals surface area contributed by atoms with E-state index in [2.05, 4.69) is 157 Å². The van der Waals surface area contributed by atoms with Gasteiger partial charge < -0.3 is 64.3 Å². The number of fused-ring (bicyclic) bond motifs is 7. The minimum absolute atomic E-state index is 0.236. The van der Waals surface area contributed by atoms with Crippen LogP contribution < -0.4 is 25.3 Å². The fourth-order valence-electron chi connectivity index (χ4n) is 14.7. The van der Waals surface area contributed by atoms with E-state index < -0.39 is 22.5 Å². The lowest BCUT2D eigenvalue weighted by Gasteiger charge is -2.19. The van der Waals surface area contributed by atoms with Crippen LogP contribution in [0.15, 0.2) is 256 Å². The van der Waals surface area contributed by atoms with E-state index >= 15 is 0 Å². The van der Waals surface area contributed by atoms with Gasteiger partial charge in [0, 0.05) is 254 Å². The average Bonchev–Trinajstić information content (AvgIpc) is 1.71. The maximum absolute atomic E-state index is 12.2. The molecule has 39 heteroatoms. The largest absolute Gasteiger partial charge is 0.490 e. The minimum atomic E-state index is -0.978. The van der Waals surface area contributed by atoms with Crippen LogP contribution in [-0.4, -0.2) is 194 Å². The average molecular weight is 1890 g/mol. The molecule has 138 heavy (non-hydrogen) atoms. The van der Waals surface area contributed by atoms with Gasteiger partial charge in [-0.2, -0.15) is 35.7 Å². The molecule has 0 saturated carbocycles. The van der Waals surface area contributed by atoms with E-state index in [0.717, 1.165) is 196 Å². The molecular formula is C99H102N30O7S2. The standard InChI is InChI=1S/C18H16N4O.C15H17N5O2.C14H16N4O2.C14H16N4OS.C14H12N4O.C14H16N4S.C10H9N5/c1-22-11-14(8-21-22)17-10-20-18-16(17)7-15(9-19-18)23-12-13-5-3-2-4-6-13;1-15(2,3)22-14(21)20-10-4-11-12(9-5-18-19-6-9)8-17-13(11)16-7-10;1-18-9-10(6-17-18)13-8-16-14-12(13)5-11(7-15-14)20-4-3-19-2;1-2-3-4-20(19)11-5-12-13(10-6-17-18-7-10)9-16-14(12)15-8-11;1-3-4-19-11-5-12-13(8-16-14(12)15-7-11)10-6-17-18(2)9-10;1-2-3-4-19-11-5-12-13(10-6-17-18-7-10)9-16-14(12)15-8-11;11-7-1-8-9(6-2-14-15-3-6)5-13-10(8)12-4-7/h2-11H,12H2,1H3,(H,19,20);4-8H,1-3H3,(H,16,17)(H,18,19)(H,20,21);5-9H,3-4H2,1-2H3,(H,15,16);5-9H,2-4H2,1H3,(H,15,16)(H,17,18);1,5-9H,4H2,2H3,(H,15,16);5-9H,2-4H2,1H3,(H,15,16)(H,17,18);1-5H,11H2,(H,12,13)(H,14,15). The second-order valence-electron chi connectivity index (χ2n) is 32.5. The fraction of sp³-hybridized carbons (Fsp3) is 0.202. The normalized spacial score (nSPS) is 11.3. The van der Waals surface area contributed by atoms with Gasteiger partial charge in [-0.15, -0.1) is 18.2 Å². The number of methoxy groups -OCH3 is 1. The molecule has 0 bridgehead atoms. The summed E-state index contributed by atoms with van der Waals surface area (Å²) in [5.41, 5.74) is 27.9. The molecule has 1 amide bonds. The highest BCUT2D eigenvalue weighted by molar-refractivity contribution is 7.99. The van der Waals surface area contributed by atoms with Crippen molar-refractivity contribution in [3.63, 3.8) is 0 Å². The first-order valence-electron chi connectivity index (χ1n) is 44.1. The molecule has 0 radical (unpaired) electrons. The lowest BCUT2D eigenvalue weighted by atomic mass is 10.1. The SMILES string of the molecule is C#CCOc1cnc2[nH]cc(-c3cnn(C)c3)c2c1.CC(C)(C)OC(=O)Nc1cnc2[nH]cc(-c3cn[nH]c3)c2c1.CCCCS(=O)c1cnc2[nH]cc(-c3cn[nH]c3)c2c1.CCCCSc1cnc2[nH]cc(-c3cn[nH]c3)c2c1.COCCOc1cnc2[nH]cc(-c3cnn(C)c3)c2c1.Cn1cc(-c2c[nH]c3ncc(OCc4ccccc4)cc23)cn1.Nc1cnc2[nH]cc(-c3cn[nH]c3)c2c1. The Morgan fingerprint density at radius 1 is 0.457 bits per heavy atom. The minimum Gasteiger partial charge on any atom is -0.490 e. The van der Waals surface area contributed by atoms with Gasteiger partial charge in [0.2, 0.25) is 0 Å². The predicted octanol–water partition coefficient (Wildman–Crippen LogP) is 19.0. The van der Waals surface area contributed by atoms with Crippen molar-refractivity contribution >= 4 is 117 Å². The number of unbranched alkanes of at least 4 members (excludes halogenated alkanes) is 2. The summed E-state index contributed by atoms with van der Waals surface area (Å²) < 4.78 is 44.6. The first kappa shape index (κ1) is 94.2. The molecule has 1 unspecified atom stereocenters. The van der Waals surface area contributed by atoms with Gasteiger partial charge in [0.25, 0.3) is 0 Å². The number of rotatable bonds is 25. The van der Waals surface area contributed by atoms with Gasteiger partial charge in [0.15, 0.2) is 0 Å². The number of benzene rings is 1. The second kappa shape index (κ2) is 44.7. The van der Waals surface area contributed by atoms with E-state index in [4.69, 9.17) is 35.8 Å². The van der Waals surface area contributed by atoms with Crippen LogP contribution in [0.5, 0.6) is 17.2 Å². The maximum Gasteiger partial charge on any atom is 0.412 e. The fourth-order valence-corrected chi connectivity index (χ4v) is 16.9. The van der Waals surface area contributed by atoms with Gasteiger partial charge in [-0.3, -0.25) is 44.0 Å². The Labute approximate surface area is 797 Å². The van der Waals surface area contributed by atoms with Crippen molar-refractivity contribution in [3.05, 3.63) is 252 Å². The number of carbonyl (C=O) groups is 1. The van der Waals surface area contributed by atoms with Crippen LogP contribution in [-0.2, 0) is 48.0 Å². The Hall–Kier alpha value is -17.0. The summed E-state index contributed by atoms with van der Waals surface area (Å²) in [5, 5.41) is 49.4. The number of hydrogen-bond donors (Lipinski definition) is 13. The van der Waals surface area contributed by atoms with Crippen LogP contribution in [0.25, 0.3) is 155 Å². The van der Waals surface area contributed by atoms with E-state index in [1.165, 1.54) is 17.7 Å². The van der Waals surface area contributed by atoms with Crippen LogP contribution in [0.4, 0.5) is 16.2 Å². The Balaban J connectivity index is 0.000000117. The van der Waals surface area contributed by atoms with E-state index in [9.17, 15) is 9.00 Å². The summed E-state index contributed by atoms with van der Waals surface area (Å²) in [6.07, 6.45) is 60.5. The third-order valence-electron chi connectivity index (χ3n) is 21.4. The molecule has 0 aliphatic rings. The summed E-state index contributed by atoms with van der Waals surface area (Å²) in [5.74, 6) is 6.43. The zero-order valence-electron chi connectivity index (χ0n) is 77.1. The van der Waals surface area contributed by atoms with Gasteiger partial charge >= 0.3 is 6.09 Å². The Morgan fingerprint density at radius 2 is 0.855 bits per heavy atom. The summed E-state index contributed by atoms with van der Waals surface area (Å²) in [4.78, 5) is 66.3. The quantitative estimate of drug-likeness (QED) is 0.0144. The van der Waals surface area contributed by atoms with Crippen molar-refractivity contribution in [1.29, 1.82) is 0 Å². The molecule has 22 rings (SSSR count). The third kappa shape index (κ3) is 23.8. The molecule has 1 atom stereocenters. The number of pyridine rings is 7. The molecule has 37 nitrogen and oxygen atoms in total. The van der Waals surface area contributed by atoms with Crippen molar-refractivity contribution in [2.75, 3.05) is 49.5 Å². The number of nitrogens with one attached hydrogen (secondary N) is 12. The summed E-state index contributed by atoms with van der Waals surface area (Å²) in [6.45, 7) is 11.6. The number of thioether (sulfide) groups is 1. The number of ether oxygens (including phenoxy) is 5. The molecule has 0 fully saturated rings. The van der Waals surface area contributed by atoms with Crippen LogP contribution in [0.3, 0.4) is 0 Å². The number of anilines is 2. The number of aryl methyl sites for hydroxylation is 3. The van der Waals surface area contributed by atoms with Gasteiger partial charge in [-0.05, 0) is 87.4 Å². The lowest BCUT2D eigenvalue weighted by Crippen LogP contribution is -2.27. The van der Waals surface area contributed by atoms with E-state index in [0.29, 0.717) is 42.7 Å². The molecule has 0 spiro atoms. The maximum atomic E-state index is 12.2. The number of nitrogens with zero attached hydrogens (tertiary/aromatic N) is 17. The summed E-state index contributed by atoms with van der Waals surface area (Å²) in [7, 11) is 6.37. The molecule has 0 aliphatic heterocycles. The Bertz CT molecular complexity index is 7760. The second-order valence-corrected chi connectivity index (χ2v) is 35.3. The third-order valence-corrected chi connectivity index (χ3v) is 23.8. The first-order valence-corrected chi connectivity index (χ1v) is 46.4. The number of amides is 1. The molecule has 0 aliphatic carbocycles. The zero-order valence-corrected chi connectivity index (χ0v) is 78.7. The van der Waals surface area contributed by atoms with Crippen molar-refractivity contribution in [2.24, 2.45) is 21.1 Å². The van der Waals surface area contributed by atoms with E-state index in [1.54, 1.807) is 83.1 Å². The number of nitrogens with two attached hydrogens (primary N) is 1. The summed E-state index contributed by atoms with van der Waals surface area (Å²) >= 11 is 1.87. The Kier molecular flexibility index (Phi) is 30.5. The summed E-state index contributed by atoms with van der Waals surface area (Å²) in [6, 6.07) is 24.0. The molecule has 22 aromatic rings. The van der Waals surface area contributed by atoms with Crippen molar-refractivity contribution in [1.82, 2.24) is 140 Å². The molecule has 21 heterocycles. The highest BCUT2D eigenvalue weighted by Crippen LogP contribution is 2.37. The predicted molar refractivity (Wildman–Crippen MR) is 538 cm³/mol. The molecule has 21 aromatic heterocycles. The molecule has 702 valence electrons. The van der Waals surface area contributed by atoms with E-state index in [1.807, 2.05) is 232 Å². The molecule has 14 N–H and O–H groups in total. The van der Waals surface area contributed by atoms with Gasteiger partial charge in [0.05, 0.1) is 108 Å². The molecule has 0 saturated heterocycles. The lowest BCUT2D eigenvalue weighted by molar-refractivity contribution is 0.0635. The zero-order chi connectivity index (χ0) is 95.9. The highest BCUT2D eigenvalue weighted by atomic mass is 32.2. The Morgan fingerprint density at radius 3 is 1.28 bits per heavy atom. The number of terminal acetylenes is 1. The number of H-pyrrole nitrogens is 11. The number of aromatic nitrogens is 28. The number of carbonyl (C=O) groups excluding carboxylic acids is 1. The van der Waals surface area contributed by atoms with Gasteiger partial charge in [0.1, 0.15) is 82.2 Å². The van der Waals surface area contributed by atoms with Crippen LogP contribution in [0.1, 0.15) is 65.9 Å². The molecule has 1 aromatic carbocycles. The topological polar surface area (TPSA) is 487 Å².